The Hall–Kier alpha value is -3.97. The molecule has 198 valence electrons. The number of nitrogens with zero attached hydrogens (tertiary/aromatic N) is 7. The van der Waals surface area contributed by atoms with Gasteiger partial charge in [-0.2, -0.15) is 5.10 Å². The normalized spacial score (nSPS) is 11.3. The molecule has 0 spiro atoms. The number of pyridine rings is 1. The first-order chi connectivity index (χ1) is 18.0. The smallest absolute Gasteiger partial charge is 0.298 e. The van der Waals surface area contributed by atoms with E-state index in [9.17, 15) is 18.4 Å². The molecule has 0 radical (unpaired) electrons. The summed E-state index contributed by atoms with van der Waals surface area (Å²) in [4.78, 5) is 30.6. The van der Waals surface area contributed by atoms with Gasteiger partial charge in [-0.3, -0.25) is 9.59 Å². The molecule has 11 nitrogen and oxygen atoms in total. The Kier molecular flexibility index (Phi) is 7.97. The molecule has 0 saturated heterocycles. The first-order valence-electron chi connectivity index (χ1n) is 11.2. The summed E-state index contributed by atoms with van der Waals surface area (Å²) in [6.07, 6.45) is -1.46. The van der Waals surface area contributed by atoms with E-state index in [0.717, 1.165) is 4.68 Å². The van der Waals surface area contributed by atoms with Gasteiger partial charge in [0.15, 0.2) is 5.82 Å². The van der Waals surface area contributed by atoms with Crippen LogP contribution in [-0.4, -0.2) is 52.8 Å². The van der Waals surface area contributed by atoms with Gasteiger partial charge in [0.05, 0.1) is 28.5 Å². The number of anilines is 1. The number of carbonyl (C=O) groups is 2. The molecule has 0 aliphatic heterocycles. The highest BCUT2D eigenvalue weighted by Crippen LogP contribution is 2.28. The second-order valence-corrected chi connectivity index (χ2v) is 9.31. The summed E-state index contributed by atoms with van der Waals surface area (Å²) in [6.45, 7) is 5.03. The molecule has 0 saturated carbocycles. The Morgan fingerprint density at radius 2 is 1.89 bits per heavy atom. The summed E-state index contributed by atoms with van der Waals surface area (Å²) in [5.41, 5.74) is 1.08. The number of aryl methyl sites for hydroxylation is 1. The number of hydrogen-bond donors (Lipinski definition) is 2. The van der Waals surface area contributed by atoms with E-state index >= 15 is 0 Å². The van der Waals surface area contributed by atoms with Crippen LogP contribution in [0.15, 0.2) is 36.5 Å². The maximum Gasteiger partial charge on any atom is 0.298 e. The zero-order valence-corrected chi connectivity index (χ0v) is 21.8. The van der Waals surface area contributed by atoms with Gasteiger partial charge >= 0.3 is 0 Å². The van der Waals surface area contributed by atoms with Gasteiger partial charge in [-0.05, 0) is 67.1 Å². The Labute approximate surface area is 225 Å². The quantitative estimate of drug-likeness (QED) is 0.327. The van der Waals surface area contributed by atoms with Crippen LogP contribution in [-0.2, 0) is 6.54 Å². The van der Waals surface area contributed by atoms with E-state index in [-0.39, 0.29) is 46.1 Å². The lowest BCUT2D eigenvalue weighted by Crippen LogP contribution is -2.31. The molecular formula is C23H21Cl2F2N9O2. The predicted octanol–water partition coefficient (Wildman–Crippen LogP) is 4.25. The van der Waals surface area contributed by atoms with Crippen LogP contribution in [0.4, 0.5) is 14.5 Å². The van der Waals surface area contributed by atoms with Crippen molar-refractivity contribution in [3.05, 3.63) is 74.9 Å². The summed E-state index contributed by atoms with van der Waals surface area (Å²) in [5, 5.41) is 20.6. The van der Waals surface area contributed by atoms with Gasteiger partial charge in [0.2, 0.25) is 5.82 Å². The monoisotopic (exact) mass is 563 g/mol. The summed E-state index contributed by atoms with van der Waals surface area (Å²) in [7, 11) is 0. The SMILES string of the molecule is Cc1cc(Cl)cc(C(=O)NC(C)C)c1NC(=O)c1cc(Cn2nnnc2C(F)F)nn1-c1ncccc1Cl. The van der Waals surface area contributed by atoms with Crippen molar-refractivity contribution < 1.29 is 18.4 Å². The molecular weight excluding hydrogens is 543 g/mol. The minimum atomic E-state index is -2.91. The van der Waals surface area contributed by atoms with E-state index in [0.29, 0.717) is 10.6 Å². The number of tetrazole rings is 1. The van der Waals surface area contributed by atoms with Crippen LogP contribution in [0.5, 0.6) is 0 Å². The van der Waals surface area contributed by atoms with E-state index in [4.69, 9.17) is 23.2 Å². The number of halogens is 4. The van der Waals surface area contributed by atoms with Gasteiger partial charge in [0.1, 0.15) is 5.69 Å². The summed E-state index contributed by atoms with van der Waals surface area (Å²) in [6, 6.07) is 7.42. The summed E-state index contributed by atoms with van der Waals surface area (Å²) < 4.78 is 28.6. The largest absolute Gasteiger partial charge is 0.350 e. The lowest BCUT2D eigenvalue weighted by molar-refractivity contribution is 0.0944. The molecule has 0 bridgehead atoms. The summed E-state index contributed by atoms with van der Waals surface area (Å²) >= 11 is 12.5. The van der Waals surface area contributed by atoms with Gasteiger partial charge in [0.25, 0.3) is 18.2 Å². The second kappa shape index (κ2) is 11.2. The standard InChI is InChI=1S/C23H21Cl2F2N9O2/c1-11(2)29-22(37)15-8-13(24)7-12(3)18(15)30-23(38)17-9-14(10-35-21(19(26)27)31-33-34-35)32-36(17)20-16(25)5-4-6-28-20/h4-9,11,19H,10H2,1-3H3,(H,29,37)(H,30,38). The van der Waals surface area contributed by atoms with Gasteiger partial charge in [-0.1, -0.05) is 23.2 Å². The highest BCUT2D eigenvalue weighted by molar-refractivity contribution is 6.32. The fourth-order valence-corrected chi connectivity index (χ4v) is 4.08. The number of amides is 2. The minimum absolute atomic E-state index is 0.0307. The highest BCUT2D eigenvalue weighted by Gasteiger charge is 2.24. The average molecular weight is 564 g/mol. The topological polar surface area (TPSA) is 133 Å². The van der Waals surface area contributed by atoms with Gasteiger partial charge in [0, 0.05) is 17.3 Å². The van der Waals surface area contributed by atoms with Crippen molar-refractivity contribution in [1.29, 1.82) is 0 Å². The van der Waals surface area contributed by atoms with E-state index in [2.05, 4.69) is 36.2 Å². The van der Waals surface area contributed by atoms with E-state index in [1.54, 1.807) is 39.0 Å². The van der Waals surface area contributed by atoms with E-state index in [1.165, 1.54) is 23.0 Å². The first-order valence-corrected chi connectivity index (χ1v) is 12.0. The maximum absolute atomic E-state index is 13.6. The van der Waals surface area contributed by atoms with Crippen LogP contribution >= 0.6 is 23.2 Å². The Bertz CT molecular complexity index is 1500. The van der Waals surface area contributed by atoms with Crippen molar-refractivity contribution >= 4 is 40.7 Å². The molecule has 15 heteroatoms. The lowest BCUT2D eigenvalue weighted by Gasteiger charge is -2.16. The number of aromatic nitrogens is 7. The molecule has 0 unspecified atom stereocenters. The third-order valence-corrected chi connectivity index (χ3v) is 5.72. The van der Waals surface area contributed by atoms with Crippen molar-refractivity contribution in [3.8, 4) is 5.82 Å². The molecule has 4 rings (SSSR count). The average Bonchev–Trinajstić information content (AvgIpc) is 3.48. The lowest BCUT2D eigenvalue weighted by atomic mass is 10.1. The second-order valence-electron chi connectivity index (χ2n) is 8.46. The van der Waals surface area contributed by atoms with Crippen LogP contribution in [0, 0.1) is 6.92 Å². The number of benzene rings is 1. The molecule has 38 heavy (non-hydrogen) atoms. The number of nitrogens with one attached hydrogen (secondary N) is 2. The number of hydrogen-bond acceptors (Lipinski definition) is 7. The van der Waals surface area contributed by atoms with E-state index < -0.39 is 24.1 Å². The van der Waals surface area contributed by atoms with Crippen LogP contribution < -0.4 is 10.6 Å². The molecule has 0 atom stereocenters. The van der Waals surface area contributed by atoms with Gasteiger partial charge < -0.3 is 10.6 Å². The number of rotatable bonds is 8. The highest BCUT2D eigenvalue weighted by atomic mass is 35.5. The van der Waals surface area contributed by atoms with E-state index in [1.807, 2.05) is 0 Å². The van der Waals surface area contributed by atoms with Crippen molar-refractivity contribution in [2.75, 3.05) is 5.32 Å². The van der Waals surface area contributed by atoms with Crippen LogP contribution in [0.25, 0.3) is 5.82 Å². The predicted molar refractivity (Wildman–Crippen MR) is 135 cm³/mol. The molecule has 0 fully saturated rings. The fraction of sp³-hybridized carbons (Fsp3) is 0.261. The number of carbonyl (C=O) groups excluding carboxylic acids is 2. The van der Waals surface area contributed by atoms with Gasteiger partial charge in [-0.25, -0.2) is 23.1 Å². The molecule has 0 aliphatic carbocycles. The molecule has 1 aromatic carbocycles. The molecule has 0 aliphatic rings. The molecule has 2 amide bonds. The van der Waals surface area contributed by atoms with Crippen LogP contribution in [0.3, 0.4) is 0 Å². The third kappa shape index (κ3) is 5.78. The van der Waals surface area contributed by atoms with Crippen molar-refractivity contribution in [1.82, 2.24) is 40.3 Å². The Morgan fingerprint density at radius 1 is 1.13 bits per heavy atom. The molecule has 3 aromatic heterocycles. The van der Waals surface area contributed by atoms with Crippen molar-refractivity contribution in [2.45, 2.75) is 39.8 Å². The van der Waals surface area contributed by atoms with Crippen molar-refractivity contribution in [3.63, 3.8) is 0 Å². The first kappa shape index (κ1) is 27.1. The Balaban J connectivity index is 1.76. The van der Waals surface area contributed by atoms with Crippen LogP contribution in [0.2, 0.25) is 10.0 Å². The van der Waals surface area contributed by atoms with Crippen molar-refractivity contribution in [2.24, 2.45) is 0 Å². The molecule has 4 aromatic rings. The van der Waals surface area contributed by atoms with Crippen LogP contribution in [0.1, 0.15) is 58.2 Å². The third-order valence-electron chi connectivity index (χ3n) is 5.20. The minimum Gasteiger partial charge on any atom is -0.350 e. The number of alkyl halides is 2. The maximum atomic E-state index is 13.6. The zero-order valence-electron chi connectivity index (χ0n) is 20.3. The Morgan fingerprint density at radius 3 is 2.58 bits per heavy atom. The molecule has 3 heterocycles. The summed E-state index contributed by atoms with van der Waals surface area (Å²) in [5.74, 6) is -1.62. The zero-order chi connectivity index (χ0) is 27.6. The molecule has 2 N–H and O–H groups in total. The van der Waals surface area contributed by atoms with Gasteiger partial charge in [-0.15, -0.1) is 5.10 Å². The fourth-order valence-electron chi connectivity index (χ4n) is 3.60.